The van der Waals surface area contributed by atoms with Gasteiger partial charge in [0, 0.05) is 22.3 Å². The van der Waals surface area contributed by atoms with Gasteiger partial charge in [-0.3, -0.25) is 9.59 Å². The van der Waals surface area contributed by atoms with Gasteiger partial charge in [-0.05, 0) is 58.7 Å². The average Bonchev–Trinajstić information content (AvgIpc) is 2.88. The number of carbonyl (C=O) groups is 2. The zero-order chi connectivity index (χ0) is 23.9. The summed E-state index contributed by atoms with van der Waals surface area (Å²) in [7, 11) is 0. The van der Waals surface area contributed by atoms with Crippen LogP contribution in [0.4, 0.5) is 0 Å². The maximum absolute atomic E-state index is 11.6. The van der Waals surface area contributed by atoms with Gasteiger partial charge in [0.25, 0.3) is 0 Å². The van der Waals surface area contributed by atoms with Crippen molar-refractivity contribution in [3.8, 4) is 22.6 Å². The van der Waals surface area contributed by atoms with Crippen LogP contribution < -0.4 is 9.47 Å². The molecule has 0 bridgehead atoms. The van der Waals surface area contributed by atoms with Crippen molar-refractivity contribution in [3.63, 3.8) is 0 Å². The number of unbranched alkanes of at least 4 members (excludes halogenated alkanes) is 2. The smallest absolute Gasteiger partial charge is 0.150 e. The number of fused-ring (bicyclic) bond motifs is 2. The molecule has 4 aromatic carbocycles. The summed E-state index contributed by atoms with van der Waals surface area (Å²) in [6.45, 7) is 5.45. The zero-order valence-electron chi connectivity index (χ0n) is 19.8. The molecular formula is C30H30O4. The Kier molecular flexibility index (Phi) is 7.58. The molecule has 0 aliphatic rings. The van der Waals surface area contributed by atoms with E-state index in [2.05, 4.69) is 13.8 Å². The Balaban J connectivity index is 2.07. The fraction of sp³-hybridized carbons (Fsp3) is 0.267. The van der Waals surface area contributed by atoms with E-state index in [4.69, 9.17) is 9.47 Å². The monoisotopic (exact) mass is 454 g/mol. The first kappa shape index (κ1) is 23.5. The van der Waals surface area contributed by atoms with Gasteiger partial charge in [-0.1, -0.05) is 63.1 Å². The molecule has 0 aromatic heterocycles. The van der Waals surface area contributed by atoms with Crippen LogP contribution in [0.25, 0.3) is 32.7 Å². The second-order valence-corrected chi connectivity index (χ2v) is 8.48. The summed E-state index contributed by atoms with van der Waals surface area (Å²) in [5.41, 5.74) is 2.97. The maximum Gasteiger partial charge on any atom is 0.150 e. The van der Waals surface area contributed by atoms with Crippen molar-refractivity contribution in [1.29, 1.82) is 0 Å². The van der Waals surface area contributed by atoms with Gasteiger partial charge in [0.2, 0.25) is 0 Å². The van der Waals surface area contributed by atoms with Gasteiger partial charge in [0.1, 0.15) is 24.1 Å². The maximum atomic E-state index is 11.6. The number of carbonyl (C=O) groups excluding carboxylic acids is 2. The lowest BCUT2D eigenvalue weighted by Crippen LogP contribution is -2.02. The first-order chi connectivity index (χ1) is 16.7. The number of ether oxygens (including phenoxy) is 2. The van der Waals surface area contributed by atoms with Crippen LogP contribution in [0.1, 0.15) is 60.2 Å². The highest BCUT2D eigenvalue weighted by Gasteiger charge is 2.20. The molecule has 0 unspecified atom stereocenters. The van der Waals surface area contributed by atoms with Gasteiger partial charge < -0.3 is 9.47 Å². The van der Waals surface area contributed by atoms with Crippen LogP contribution in [-0.4, -0.2) is 25.8 Å². The lowest BCUT2D eigenvalue weighted by atomic mass is 9.91. The van der Waals surface area contributed by atoms with Gasteiger partial charge in [-0.15, -0.1) is 0 Å². The van der Waals surface area contributed by atoms with E-state index in [1.165, 1.54) is 0 Å². The summed E-state index contributed by atoms with van der Waals surface area (Å²) in [5.74, 6) is 1.49. The zero-order valence-corrected chi connectivity index (χ0v) is 19.8. The predicted octanol–water partition coefficient (Wildman–Crippen LogP) is 7.64. The molecule has 4 aromatic rings. The molecule has 4 nitrogen and oxygen atoms in total. The predicted molar refractivity (Wildman–Crippen MR) is 138 cm³/mol. The third kappa shape index (κ3) is 4.81. The normalized spacial score (nSPS) is 11.0. The molecule has 34 heavy (non-hydrogen) atoms. The molecule has 0 fully saturated rings. The standard InChI is InChI=1S/C30H30O4/c1-3-5-15-33-27-13-11-23-9-7-21(19-31)17-25(23)29(27)30-26-18-22(20-32)8-10-24(26)12-14-28(30)34-16-6-4-2/h7-14,17-20H,3-6,15-16H2,1-2H3. The lowest BCUT2D eigenvalue weighted by Gasteiger charge is -2.20. The largest absolute Gasteiger partial charge is 0.493 e. The molecule has 0 spiro atoms. The lowest BCUT2D eigenvalue weighted by molar-refractivity contribution is 0.111. The number of benzene rings is 4. The summed E-state index contributed by atoms with van der Waals surface area (Å²) < 4.78 is 12.6. The van der Waals surface area contributed by atoms with E-state index in [1.54, 1.807) is 0 Å². The number of aldehydes is 2. The Hall–Kier alpha value is -3.66. The van der Waals surface area contributed by atoms with Crippen molar-refractivity contribution in [3.05, 3.63) is 71.8 Å². The van der Waals surface area contributed by atoms with E-state index in [0.717, 1.165) is 82.4 Å². The van der Waals surface area contributed by atoms with Gasteiger partial charge in [-0.2, -0.15) is 0 Å². The number of rotatable bonds is 11. The third-order valence-electron chi connectivity index (χ3n) is 6.05. The molecule has 0 aliphatic carbocycles. The Morgan fingerprint density at radius 1 is 0.618 bits per heavy atom. The molecule has 174 valence electrons. The van der Waals surface area contributed by atoms with Crippen molar-refractivity contribution in [2.45, 2.75) is 39.5 Å². The van der Waals surface area contributed by atoms with Crippen LogP contribution in [-0.2, 0) is 0 Å². The fourth-order valence-corrected chi connectivity index (χ4v) is 4.19. The second-order valence-electron chi connectivity index (χ2n) is 8.48. The quantitative estimate of drug-likeness (QED) is 0.173. The van der Waals surface area contributed by atoms with Crippen LogP contribution >= 0.6 is 0 Å². The van der Waals surface area contributed by atoms with E-state index >= 15 is 0 Å². The number of hydrogen-bond acceptors (Lipinski definition) is 4. The Bertz CT molecular complexity index is 1220. The molecule has 0 N–H and O–H groups in total. The summed E-state index contributed by atoms with van der Waals surface area (Å²) in [4.78, 5) is 23.3. The van der Waals surface area contributed by atoms with Crippen LogP contribution in [0, 0.1) is 0 Å². The van der Waals surface area contributed by atoms with Crippen LogP contribution in [0.3, 0.4) is 0 Å². The topological polar surface area (TPSA) is 52.6 Å². The summed E-state index contributed by atoms with van der Waals surface area (Å²) in [5, 5.41) is 3.85. The van der Waals surface area contributed by atoms with Crippen LogP contribution in [0.15, 0.2) is 60.7 Å². The SMILES string of the molecule is CCCCOc1ccc2ccc(C=O)cc2c1-c1c(OCCCC)ccc2ccc(C=O)cc12. The van der Waals surface area contributed by atoms with E-state index < -0.39 is 0 Å². The summed E-state index contributed by atoms with van der Waals surface area (Å²) in [6, 6.07) is 19.4. The Morgan fingerprint density at radius 3 is 1.41 bits per heavy atom. The van der Waals surface area contributed by atoms with Crippen molar-refractivity contribution in [1.82, 2.24) is 0 Å². The van der Waals surface area contributed by atoms with E-state index in [0.29, 0.717) is 24.3 Å². The summed E-state index contributed by atoms with van der Waals surface area (Å²) in [6.07, 6.45) is 5.66. The molecule has 4 rings (SSSR count). The van der Waals surface area contributed by atoms with E-state index in [1.807, 2.05) is 60.7 Å². The minimum Gasteiger partial charge on any atom is -0.493 e. The van der Waals surface area contributed by atoms with Gasteiger partial charge >= 0.3 is 0 Å². The molecule has 0 heterocycles. The third-order valence-corrected chi connectivity index (χ3v) is 6.05. The van der Waals surface area contributed by atoms with Crippen molar-refractivity contribution >= 4 is 34.1 Å². The minimum absolute atomic E-state index is 0.596. The van der Waals surface area contributed by atoms with E-state index in [9.17, 15) is 9.59 Å². The molecule has 0 radical (unpaired) electrons. The van der Waals surface area contributed by atoms with E-state index in [-0.39, 0.29) is 0 Å². The average molecular weight is 455 g/mol. The first-order valence-electron chi connectivity index (χ1n) is 12.0. The highest BCUT2D eigenvalue weighted by molar-refractivity contribution is 6.11. The molecule has 0 amide bonds. The van der Waals surface area contributed by atoms with Crippen molar-refractivity contribution in [2.75, 3.05) is 13.2 Å². The van der Waals surface area contributed by atoms with Gasteiger partial charge in [-0.25, -0.2) is 0 Å². The van der Waals surface area contributed by atoms with Crippen LogP contribution in [0.2, 0.25) is 0 Å². The highest BCUT2D eigenvalue weighted by Crippen LogP contribution is 2.46. The van der Waals surface area contributed by atoms with Crippen molar-refractivity contribution in [2.24, 2.45) is 0 Å². The minimum atomic E-state index is 0.596. The Morgan fingerprint density at radius 2 is 1.03 bits per heavy atom. The molecule has 0 atom stereocenters. The van der Waals surface area contributed by atoms with Crippen LogP contribution in [0.5, 0.6) is 11.5 Å². The second kappa shape index (κ2) is 11.0. The van der Waals surface area contributed by atoms with Crippen molar-refractivity contribution < 1.29 is 19.1 Å². The van der Waals surface area contributed by atoms with Gasteiger partial charge in [0.05, 0.1) is 13.2 Å². The molecule has 4 heteroatoms. The molecular weight excluding hydrogens is 424 g/mol. The Labute approximate surface area is 200 Å². The fourth-order valence-electron chi connectivity index (χ4n) is 4.19. The molecule has 0 saturated heterocycles. The number of hydrogen-bond donors (Lipinski definition) is 0. The summed E-state index contributed by atoms with van der Waals surface area (Å²) >= 11 is 0. The highest BCUT2D eigenvalue weighted by atomic mass is 16.5. The van der Waals surface area contributed by atoms with Gasteiger partial charge in [0.15, 0.2) is 0 Å². The molecule has 0 saturated carbocycles. The first-order valence-corrected chi connectivity index (χ1v) is 12.0. The molecule has 0 aliphatic heterocycles.